The van der Waals surface area contributed by atoms with Crippen LogP contribution in [-0.2, 0) is 4.79 Å². The van der Waals surface area contributed by atoms with E-state index in [9.17, 15) is 9.59 Å². The molecule has 0 saturated heterocycles. The lowest BCUT2D eigenvalue weighted by molar-refractivity contribution is -0.130. The van der Waals surface area contributed by atoms with Gasteiger partial charge in [0.2, 0.25) is 5.91 Å². The van der Waals surface area contributed by atoms with E-state index in [-0.39, 0.29) is 17.2 Å². The minimum absolute atomic E-state index is 0.0701. The van der Waals surface area contributed by atoms with Crippen LogP contribution in [0.4, 0.5) is 0 Å². The van der Waals surface area contributed by atoms with E-state index in [2.05, 4.69) is 33.4 Å². The summed E-state index contributed by atoms with van der Waals surface area (Å²) in [6, 6.07) is 5.08. The van der Waals surface area contributed by atoms with E-state index in [1.165, 1.54) is 38.5 Å². The van der Waals surface area contributed by atoms with Crippen molar-refractivity contribution in [3.8, 4) is 0 Å². The van der Waals surface area contributed by atoms with Crippen molar-refractivity contribution in [2.24, 2.45) is 23.2 Å². The molecule has 4 fully saturated rings. The first-order valence-electron chi connectivity index (χ1n) is 8.97. The largest absolute Gasteiger partial charge is 0.273 e. The maximum Gasteiger partial charge on any atom is 0.270 e. The second kappa shape index (κ2) is 6.72. The monoisotopic (exact) mass is 472 g/mol. The number of amides is 2. The molecule has 4 aliphatic rings. The van der Waals surface area contributed by atoms with E-state index in [1.54, 1.807) is 18.2 Å². The van der Waals surface area contributed by atoms with Crippen molar-refractivity contribution in [3.05, 3.63) is 32.4 Å². The molecule has 0 unspecified atom stereocenters. The van der Waals surface area contributed by atoms with Gasteiger partial charge in [-0.1, -0.05) is 11.6 Å². The third-order valence-electron chi connectivity index (χ3n) is 6.19. The molecule has 1 aromatic carbocycles. The van der Waals surface area contributed by atoms with Crippen LogP contribution in [0, 0.1) is 26.7 Å². The Morgan fingerprint density at radius 1 is 1.08 bits per heavy atom. The highest BCUT2D eigenvalue weighted by molar-refractivity contribution is 14.1. The third kappa shape index (κ3) is 3.68. The average molecular weight is 473 g/mol. The fourth-order valence-electron chi connectivity index (χ4n) is 5.76. The van der Waals surface area contributed by atoms with Gasteiger partial charge in [-0.25, -0.2) is 0 Å². The lowest BCUT2D eigenvalue weighted by atomic mass is 9.49. The molecule has 134 valence electrons. The molecule has 4 saturated carbocycles. The topological polar surface area (TPSA) is 58.2 Å². The van der Waals surface area contributed by atoms with Gasteiger partial charge >= 0.3 is 0 Å². The summed E-state index contributed by atoms with van der Waals surface area (Å²) in [6.45, 7) is 0. The van der Waals surface area contributed by atoms with Crippen molar-refractivity contribution in [3.63, 3.8) is 0 Å². The summed E-state index contributed by atoms with van der Waals surface area (Å²) < 4.78 is 0.762. The standard InChI is InChI=1S/C19H22ClIN2O2/c20-14-1-2-15(16(21)6-14)18(25)23-22-17(24)10-19-7-11-3-12(8-19)5-13(4-11)9-19/h1-2,6,11-13H,3-5,7-10H2,(H,22,24)(H,23,25). The molecule has 0 heterocycles. The Bertz CT molecular complexity index is 686. The highest BCUT2D eigenvalue weighted by Gasteiger charge is 2.51. The number of hydrazine groups is 1. The number of carbonyl (C=O) groups is 2. The zero-order valence-electron chi connectivity index (χ0n) is 14.0. The minimum atomic E-state index is -0.306. The van der Waals surface area contributed by atoms with Crippen LogP contribution in [0.2, 0.25) is 5.02 Å². The van der Waals surface area contributed by atoms with Crippen LogP contribution in [-0.4, -0.2) is 11.8 Å². The van der Waals surface area contributed by atoms with Crippen molar-refractivity contribution >= 4 is 46.0 Å². The van der Waals surface area contributed by atoms with Crippen LogP contribution < -0.4 is 10.9 Å². The minimum Gasteiger partial charge on any atom is -0.273 e. The van der Waals surface area contributed by atoms with E-state index < -0.39 is 0 Å². The summed E-state index contributed by atoms with van der Waals surface area (Å²) in [5.74, 6) is 2.09. The molecule has 6 heteroatoms. The Balaban J connectivity index is 1.34. The molecular formula is C19H22ClIN2O2. The first kappa shape index (κ1) is 17.6. The SMILES string of the molecule is O=C(CC12CC3CC(CC(C3)C1)C2)NNC(=O)c1ccc(Cl)cc1I. The summed E-state index contributed by atoms with van der Waals surface area (Å²) in [4.78, 5) is 24.7. The molecule has 4 aliphatic carbocycles. The zero-order valence-corrected chi connectivity index (χ0v) is 16.9. The van der Waals surface area contributed by atoms with Gasteiger partial charge in [0.15, 0.2) is 0 Å². The van der Waals surface area contributed by atoms with E-state index in [0.717, 1.165) is 21.3 Å². The Morgan fingerprint density at radius 3 is 2.24 bits per heavy atom. The molecule has 25 heavy (non-hydrogen) atoms. The first-order valence-corrected chi connectivity index (χ1v) is 10.4. The summed E-state index contributed by atoms with van der Waals surface area (Å²) in [5.41, 5.74) is 5.87. The van der Waals surface area contributed by atoms with E-state index in [4.69, 9.17) is 11.6 Å². The van der Waals surface area contributed by atoms with Gasteiger partial charge in [-0.05, 0) is 102 Å². The number of benzene rings is 1. The molecule has 0 radical (unpaired) electrons. The van der Waals surface area contributed by atoms with Crippen LogP contribution in [0.1, 0.15) is 55.3 Å². The Hall–Kier alpha value is -0.820. The van der Waals surface area contributed by atoms with Gasteiger partial charge in [-0.2, -0.15) is 0 Å². The Kier molecular flexibility index (Phi) is 4.73. The second-order valence-corrected chi connectivity index (χ2v) is 9.82. The van der Waals surface area contributed by atoms with Crippen LogP contribution in [0.5, 0.6) is 0 Å². The fourth-order valence-corrected chi connectivity index (χ4v) is 6.88. The van der Waals surface area contributed by atoms with Gasteiger partial charge in [-0.3, -0.25) is 20.4 Å². The number of hydrogen-bond donors (Lipinski definition) is 2. The maximum absolute atomic E-state index is 12.5. The lowest BCUT2D eigenvalue weighted by Crippen LogP contribution is -2.50. The van der Waals surface area contributed by atoms with Crippen LogP contribution in [0.15, 0.2) is 18.2 Å². The van der Waals surface area contributed by atoms with E-state index in [0.29, 0.717) is 17.0 Å². The highest BCUT2D eigenvalue weighted by atomic mass is 127. The smallest absolute Gasteiger partial charge is 0.270 e. The van der Waals surface area contributed by atoms with Crippen molar-refractivity contribution in [1.82, 2.24) is 10.9 Å². The maximum atomic E-state index is 12.5. The predicted molar refractivity (Wildman–Crippen MR) is 105 cm³/mol. The predicted octanol–water partition coefficient (Wildman–Crippen LogP) is 4.31. The third-order valence-corrected chi connectivity index (χ3v) is 7.32. The van der Waals surface area contributed by atoms with Gasteiger partial charge in [0.1, 0.15) is 0 Å². The van der Waals surface area contributed by atoms with Gasteiger partial charge in [0.05, 0.1) is 5.56 Å². The zero-order chi connectivity index (χ0) is 17.6. The number of halogens is 2. The number of nitrogens with one attached hydrogen (secondary N) is 2. The van der Waals surface area contributed by atoms with Crippen molar-refractivity contribution in [2.45, 2.75) is 44.9 Å². The van der Waals surface area contributed by atoms with E-state index in [1.807, 2.05) is 0 Å². The summed E-state index contributed by atoms with van der Waals surface area (Å²) >= 11 is 7.99. The molecule has 2 amide bonds. The van der Waals surface area contributed by atoms with Gasteiger partial charge in [0, 0.05) is 15.0 Å². The molecule has 0 aromatic heterocycles. The molecule has 4 bridgehead atoms. The summed E-state index contributed by atoms with van der Waals surface area (Å²) in [5, 5.41) is 0.590. The highest BCUT2D eigenvalue weighted by Crippen LogP contribution is 2.61. The van der Waals surface area contributed by atoms with E-state index >= 15 is 0 Å². The molecule has 2 N–H and O–H groups in total. The average Bonchev–Trinajstić information content (AvgIpc) is 2.50. The lowest BCUT2D eigenvalue weighted by Gasteiger charge is -2.56. The molecule has 5 rings (SSSR count). The molecule has 0 spiro atoms. The quantitative estimate of drug-likeness (QED) is 0.509. The summed E-state index contributed by atoms with van der Waals surface area (Å²) in [7, 11) is 0. The second-order valence-electron chi connectivity index (χ2n) is 8.22. The Labute approximate surface area is 166 Å². The molecule has 1 aromatic rings. The van der Waals surface area contributed by atoms with Crippen LogP contribution in [0.25, 0.3) is 0 Å². The van der Waals surface area contributed by atoms with Crippen molar-refractivity contribution in [2.75, 3.05) is 0 Å². The fraction of sp³-hybridized carbons (Fsp3) is 0.579. The van der Waals surface area contributed by atoms with Crippen LogP contribution >= 0.6 is 34.2 Å². The van der Waals surface area contributed by atoms with Gasteiger partial charge < -0.3 is 0 Å². The van der Waals surface area contributed by atoms with Gasteiger partial charge in [0.25, 0.3) is 5.91 Å². The van der Waals surface area contributed by atoms with Crippen molar-refractivity contribution < 1.29 is 9.59 Å². The number of rotatable bonds is 3. The van der Waals surface area contributed by atoms with Gasteiger partial charge in [-0.15, -0.1) is 0 Å². The molecule has 0 atom stereocenters. The molecule has 4 nitrogen and oxygen atoms in total. The molecule has 0 aliphatic heterocycles. The normalized spacial score (nSPS) is 32.5. The molecular weight excluding hydrogens is 451 g/mol. The van der Waals surface area contributed by atoms with Crippen LogP contribution in [0.3, 0.4) is 0 Å². The van der Waals surface area contributed by atoms with Crippen molar-refractivity contribution in [1.29, 1.82) is 0 Å². The first-order chi connectivity index (χ1) is 11.9. The number of hydrogen-bond acceptors (Lipinski definition) is 2. The number of carbonyl (C=O) groups excluding carboxylic acids is 2. The Morgan fingerprint density at radius 2 is 1.68 bits per heavy atom. The summed E-state index contributed by atoms with van der Waals surface area (Å²) in [6.07, 6.45) is 8.21.